The second-order valence-corrected chi connectivity index (χ2v) is 7.42. The molecule has 1 N–H and O–H groups in total. The van der Waals surface area contributed by atoms with Gasteiger partial charge in [-0.05, 0) is 57.0 Å². The van der Waals surface area contributed by atoms with Crippen LogP contribution in [0.1, 0.15) is 45.2 Å². The van der Waals surface area contributed by atoms with Crippen LogP contribution in [0.3, 0.4) is 0 Å². The van der Waals surface area contributed by atoms with Crippen molar-refractivity contribution in [1.29, 1.82) is 0 Å². The van der Waals surface area contributed by atoms with Gasteiger partial charge in [0, 0.05) is 36.3 Å². The van der Waals surface area contributed by atoms with Gasteiger partial charge >= 0.3 is 0 Å². The molecule has 3 aromatic rings. The molecule has 1 aromatic carbocycles. The number of pyridine rings is 1. The van der Waals surface area contributed by atoms with Crippen LogP contribution < -0.4 is 5.32 Å². The molecule has 1 saturated heterocycles. The number of rotatable bonds is 3. The number of amides is 2. The van der Waals surface area contributed by atoms with Crippen LogP contribution in [0.15, 0.2) is 40.8 Å². The summed E-state index contributed by atoms with van der Waals surface area (Å²) in [5, 5.41) is 3.61. The maximum absolute atomic E-state index is 13.6. The van der Waals surface area contributed by atoms with E-state index in [1.54, 1.807) is 43.0 Å². The molecule has 2 aromatic heterocycles. The Labute approximate surface area is 167 Å². The Balaban J connectivity index is 1.44. The van der Waals surface area contributed by atoms with Crippen LogP contribution in [0.4, 0.5) is 4.39 Å². The Morgan fingerprint density at radius 1 is 1.14 bits per heavy atom. The summed E-state index contributed by atoms with van der Waals surface area (Å²) in [5.41, 5.74) is 1.67. The Morgan fingerprint density at radius 3 is 2.59 bits per heavy atom. The average molecular weight is 395 g/mol. The zero-order valence-corrected chi connectivity index (χ0v) is 16.4. The van der Waals surface area contributed by atoms with E-state index in [0.29, 0.717) is 59.6 Å². The molecule has 0 atom stereocenters. The minimum Gasteiger partial charge on any atom is -0.456 e. The van der Waals surface area contributed by atoms with Crippen LogP contribution in [-0.2, 0) is 0 Å². The Hall–Kier alpha value is -3.22. The highest BCUT2D eigenvalue weighted by Crippen LogP contribution is 2.23. The lowest BCUT2D eigenvalue weighted by Gasteiger charge is -2.32. The van der Waals surface area contributed by atoms with Gasteiger partial charge in [-0.2, -0.15) is 0 Å². The number of carbonyl (C=O) groups excluding carboxylic acids is 2. The van der Waals surface area contributed by atoms with Crippen molar-refractivity contribution < 1.29 is 18.4 Å². The van der Waals surface area contributed by atoms with E-state index in [2.05, 4.69) is 10.3 Å². The lowest BCUT2D eigenvalue weighted by molar-refractivity contribution is 0.0697. The monoisotopic (exact) mass is 395 g/mol. The van der Waals surface area contributed by atoms with Gasteiger partial charge in [-0.15, -0.1) is 0 Å². The van der Waals surface area contributed by atoms with E-state index in [9.17, 15) is 14.0 Å². The van der Waals surface area contributed by atoms with Crippen LogP contribution in [-0.4, -0.2) is 40.8 Å². The minimum atomic E-state index is -0.377. The number of aromatic nitrogens is 1. The van der Waals surface area contributed by atoms with Crippen molar-refractivity contribution in [1.82, 2.24) is 15.2 Å². The zero-order chi connectivity index (χ0) is 20.5. The number of fused-ring (bicyclic) bond motifs is 1. The quantitative estimate of drug-likeness (QED) is 0.735. The summed E-state index contributed by atoms with van der Waals surface area (Å²) < 4.78 is 18.9. The fraction of sp³-hybridized carbons (Fsp3) is 0.318. The molecule has 0 saturated carbocycles. The van der Waals surface area contributed by atoms with Gasteiger partial charge in [0.1, 0.15) is 11.6 Å². The molecular weight excluding hydrogens is 373 g/mol. The van der Waals surface area contributed by atoms with E-state index >= 15 is 0 Å². The lowest BCUT2D eigenvalue weighted by atomic mass is 10.0. The molecule has 29 heavy (non-hydrogen) atoms. The molecule has 2 amide bonds. The highest BCUT2D eigenvalue weighted by atomic mass is 19.1. The van der Waals surface area contributed by atoms with Crippen LogP contribution in [0.25, 0.3) is 10.9 Å². The molecule has 0 bridgehead atoms. The number of furan rings is 1. The summed E-state index contributed by atoms with van der Waals surface area (Å²) in [6.45, 7) is 4.65. The molecule has 0 aliphatic carbocycles. The molecule has 7 heteroatoms. The van der Waals surface area contributed by atoms with Gasteiger partial charge in [-0.1, -0.05) is 0 Å². The molecule has 0 radical (unpaired) electrons. The summed E-state index contributed by atoms with van der Waals surface area (Å²) in [6.07, 6.45) is 1.32. The lowest BCUT2D eigenvalue weighted by Crippen LogP contribution is -2.46. The van der Waals surface area contributed by atoms with Crippen LogP contribution in [0.2, 0.25) is 0 Å². The molecule has 3 heterocycles. The molecule has 6 nitrogen and oxygen atoms in total. The smallest absolute Gasteiger partial charge is 0.287 e. The van der Waals surface area contributed by atoms with E-state index in [-0.39, 0.29) is 23.7 Å². The third kappa shape index (κ3) is 3.99. The predicted molar refractivity (Wildman–Crippen MR) is 106 cm³/mol. The summed E-state index contributed by atoms with van der Waals surface area (Å²) in [6, 6.07) is 9.43. The van der Waals surface area contributed by atoms with Crippen molar-refractivity contribution in [2.24, 2.45) is 0 Å². The Kier molecular flexibility index (Phi) is 5.05. The number of nitrogens with zero attached hydrogens (tertiary/aromatic N) is 2. The first-order valence-corrected chi connectivity index (χ1v) is 9.64. The fourth-order valence-electron chi connectivity index (χ4n) is 3.72. The Bertz CT molecular complexity index is 1080. The second-order valence-electron chi connectivity index (χ2n) is 7.42. The summed E-state index contributed by atoms with van der Waals surface area (Å²) in [5.74, 6) is 0.277. The summed E-state index contributed by atoms with van der Waals surface area (Å²) in [4.78, 5) is 31.5. The van der Waals surface area contributed by atoms with E-state index in [1.165, 1.54) is 12.1 Å². The number of halogens is 1. The van der Waals surface area contributed by atoms with Crippen molar-refractivity contribution >= 4 is 22.7 Å². The van der Waals surface area contributed by atoms with Gasteiger partial charge in [0.15, 0.2) is 5.76 Å². The average Bonchev–Trinajstić information content (AvgIpc) is 3.13. The SMILES string of the molecule is Cc1cc(C(=O)N2CCC(NC(=O)c3ccc(C)o3)CC2)c2ccc(F)cc2n1. The molecule has 1 aliphatic rings. The standard InChI is InChI=1S/C22H22FN3O3/c1-13-11-18(17-5-4-15(23)12-19(17)24-13)22(28)26-9-7-16(8-10-26)25-21(27)20-6-3-14(2)29-20/h3-6,11-12,16H,7-10H2,1-2H3,(H,25,27). The van der Waals surface area contributed by atoms with Crippen molar-refractivity contribution in [3.63, 3.8) is 0 Å². The predicted octanol–water partition coefficient (Wildman–Crippen LogP) is 3.62. The van der Waals surface area contributed by atoms with Crippen molar-refractivity contribution in [2.45, 2.75) is 32.7 Å². The number of likely N-dealkylation sites (tertiary alicyclic amines) is 1. The van der Waals surface area contributed by atoms with Gasteiger partial charge in [-0.3, -0.25) is 14.6 Å². The van der Waals surface area contributed by atoms with Gasteiger partial charge in [0.05, 0.1) is 11.1 Å². The maximum Gasteiger partial charge on any atom is 0.287 e. The summed E-state index contributed by atoms with van der Waals surface area (Å²) >= 11 is 0. The maximum atomic E-state index is 13.6. The van der Waals surface area contributed by atoms with E-state index in [0.717, 1.165) is 0 Å². The fourth-order valence-corrected chi connectivity index (χ4v) is 3.72. The molecule has 4 rings (SSSR count). The number of piperidine rings is 1. The molecule has 0 spiro atoms. The van der Waals surface area contributed by atoms with Gasteiger partial charge in [0.25, 0.3) is 11.8 Å². The number of aryl methyl sites for hydroxylation is 2. The first-order chi connectivity index (χ1) is 13.9. The topological polar surface area (TPSA) is 75.4 Å². The molecular formula is C22H22FN3O3. The van der Waals surface area contributed by atoms with Gasteiger partial charge in [0.2, 0.25) is 0 Å². The van der Waals surface area contributed by atoms with Crippen molar-refractivity contribution in [2.75, 3.05) is 13.1 Å². The molecule has 1 fully saturated rings. The van der Waals surface area contributed by atoms with Crippen molar-refractivity contribution in [3.05, 3.63) is 65.0 Å². The normalized spacial score (nSPS) is 14.9. The van der Waals surface area contributed by atoms with E-state index < -0.39 is 0 Å². The minimum absolute atomic E-state index is 0.0121. The molecule has 0 unspecified atom stereocenters. The number of nitrogens with one attached hydrogen (secondary N) is 1. The third-order valence-corrected chi connectivity index (χ3v) is 5.21. The van der Waals surface area contributed by atoms with Gasteiger partial charge < -0.3 is 14.6 Å². The van der Waals surface area contributed by atoms with Crippen LogP contribution >= 0.6 is 0 Å². The largest absolute Gasteiger partial charge is 0.456 e. The van der Waals surface area contributed by atoms with Crippen LogP contribution in [0.5, 0.6) is 0 Å². The van der Waals surface area contributed by atoms with Crippen LogP contribution in [0, 0.1) is 19.7 Å². The third-order valence-electron chi connectivity index (χ3n) is 5.21. The Morgan fingerprint density at radius 2 is 1.90 bits per heavy atom. The number of carbonyl (C=O) groups is 2. The number of hydrogen-bond donors (Lipinski definition) is 1. The van der Waals surface area contributed by atoms with E-state index in [1.807, 2.05) is 0 Å². The highest BCUT2D eigenvalue weighted by molar-refractivity contribution is 6.06. The second kappa shape index (κ2) is 7.66. The first kappa shape index (κ1) is 19.1. The van der Waals surface area contributed by atoms with E-state index in [4.69, 9.17) is 4.42 Å². The summed E-state index contributed by atoms with van der Waals surface area (Å²) in [7, 11) is 0. The molecule has 150 valence electrons. The van der Waals surface area contributed by atoms with Gasteiger partial charge in [-0.25, -0.2) is 4.39 Å². The first-order valence-electron chi connectivity index (χ1n) is 9.64. The molecule has 1 aliphatic heterocycles. The zero-order valence-electron chi connectivity index (χ0n) is 16.4. The highest BCUT2D eigenvalue weighted by Gasteiger charge is 2.26. The number of benzene rings is 1. The number of hydrogen-bond acceptors (Lipinski definition) is 4. The van der Waals surface area contributed by atoms with Crippen molar-refractivity contribution in [3.8, 4) is 0 Å².